The van der Waals surface area contributed by atoms with E-state index in [1.165, 1.54) is 27.2 Å². The van der Waals surface area contributed by atoms with Crippen molar-refractivity contribution < 1.29 is 32.7 Å². The van der Waals surface area contributed by atoms with E-state index < -0.39 is 61.4 Å². The van der Waals surface area contributed by atoms with Crippen LogP contribution in [0.5, 0.6) is 0 Å². The number of carbonyl (C=O) groups is 2. The fraction of sp³-hybridized carbons (Fsp3) is 0.714. The van der Waals surface area contributed by atoms with E-state index in [1.54, 1.807) is 20.8 Å². The summed E-state index contributed by atoms with van der Waals surface area (Å²) in [4.78, 5) is 53.0. The molecule has 0 spiro atoms. The van der Waals surface area contributed by atoms with E-state index in [-0.39, 0.29) is 29.5 Å². The second kappa shape index (κ2) is 13.6. The molecule has 0 aromatic carbocycles. The normalized spacial score (nSPS) is 21.8. The molecule has 0 amide bonds. The fourth-order valence-electron chi connectivity index (χ4n) is 3.28. The van der Waals surface area contributed by atoms with Crippen LogP contribution in [0.25, 0.3) is 10.4 Å². The van der Waals surface area contributed by atoms with Crippen LogP contribution in [0, 0.1) is 12.3 Å². The minimum atomic E-state index is -4.16. The zero-order valence-corrected chi connectivity index (χ0v) is 23.7. The smallest absolute Gasteiger partial charge is 0.406 e. The fourth-order valence-corrected chi connectivity index (χ4v) is 5.67. The van der Waals surface area contributed by atoms with Gasteiger partial charge in [-0.1, -0.05) is 37.6 Å². The van der Waals surface area contributed by atoms with Gasteiger partial charge in [0.25, 0.3) is 5.56 Å². The molecule has 0 bridgehead atoms. The highest BCUT2D eigenvalue weighted by Crippen LogP contribution is 2.46. The maximum Gasteiger partial charge on any atom is 0.406 e. The number of nitrogens with zero attached hydrogens (tertiary/aromatic N) is 4. The van der Waals surface area contributed by atoms with Gasteiger partial charge in [0.1, 0.15) is 12.3 Å². The van der Waals surface area contributed by atoms with E-state index in [1.807, 2.05) is 0 Å². The van der Waals surface area contributed by atoms with Gasteiger partial charge < -0.3 is 9.47 Å². The summed E-state index contributed by atoms with van der Waals surface area (Å²) < 4.78 is 36.2. The van der Waals surface area contributed by atoms with Crippen LogP contribution >= 0.6 is 19.5 Å². The molecule has 2 rings (SSSR count). The number of carbonyl (C=O) groups excluding carboxylic acids is 2. The van der Waals surface area contributed by atoms with Gasteiger partial charge in [-0.2, -0.15) is 0 Å². The number of rotatable bonds is 12. The van der Waals surface area contributed by atoms with Crippen LogP contribution in [0.15, 0.2) is 20.9 Å². The molecule has 0 radical (unpaired) electrons. The Bertz CT molecular complexity index is 1220. The van der Waals surface area contributed by atoms with E-state index in [2.05, 4.69) is 24.8 Å². The number of aromatic amines is 1. The molecule has 2 heterocycles. The number of esters is 1. The van der Waals surface area contributed by atoms with Gasteiger partial charge in [-0.3, -0.25) is 33.0 Å². The van der Waals surface area contributed by atoms with E-state index in [0.717, 1.165) is 16.3 Å². The lowest BCUT2D eigenvalue weighted by Gasteiger charge is -2.24. The van der Waals surface area contributed by atoms with Gasteiger partial charge in [0.05, 0.1) is 32.5 Å². The summed E-state index contributed by atoms with van der Waals surface area (Å²) in [6, 6.07) is -1.88. The van der Waals surface area contributed by atoms with Gasteiger partial charge in [0.2, 0.25) is 0 Å². The lowest BCUT2D eigenvalue weighted by atomic mass is 10.00. The number of nitrogens with one attached hydrogen (secondary N) is 2. The zero-order chi connectivity index (χ0) is 28.7. The highest BCUT2D eigenvalue weighted by Gasteiger charge is 2.39. The number of aromatic nitrogens is 2. The Morgan fingerprint density at radius 2 is 2.08 bits per heavy atom. The Hall–Kier alpha value is -2.45. The van der Waals surface area contributed by atoms with Crippen LogP contribution < -0.4 is 16.3 Å². The van der Waals surface area contributed by atoms with Crippen molar-refractivity contribution >= 4 is 30.6 Å². The number of hydrogen-bond acceptors (Lipinski definition) is 11. The van der Waals surface area contributed by atoms with Crippen molar-refractivity contribution in [2.45, 2.75) is 65.5 Å². The highest BCUT2D eigenvalue weighted by atomic mass is 32.2. The summed E-state index contributed by atoms with van der Waals surface area (Å²) in [6.45, 7) is 7.69. The third-order valence-electron chi connectivity index (χ3n) is 5.37. The second-order valence-corrected chi connectivity index (χ2v) is 12.3. The predicted octanol–water partition coefficient (Wildman–Crippen LogP) is 2.41. The molecule has 0 saturated carbocycles. The van der Waals surface area contributed by atoms with Crippen molar-refractivity contribution in [1.82, 2.24) is 14.6 Å². The zero-order valence-electron chi connectivity index (χ0n) is 22.0. The molecule has 38 heavy (non-hydrogen) atoms. The largest absolute Gasteiger partial charge is 0.468 e. The SMILES string of the molecule is COC(=O)[C@@H](C)NP(=O)(OCCSC(=O)C(C)(C)C)OCC1OC(n2cc(C)c(=O)[nH]c2=O)CC1N=[N+]=[N-]. The standard InChI is InChI=1S/C21H33N6O9PS/c1-12-10-27(20(31)23-17(12)28)16-9-14(24-26-22)15(36-16)11-35-37(32,25-13(2)18(29)33-6)34-7-8-38-19(30)21(3,4)5/h10,13-16H,7-9,11H2,1-6H3,(H,25,32)(H,23,28,31)/t13-,14?,15?,16?,37?/m1/s1. The molecule has 2 N–H and O–H groups in total. The minimum absolute atomic E-state index is 0.0756. The van der Waals surface area contributed by atoms with Gasteiger partial charge in [0, 0.05) is 34.3 Å². The molecule has 4 unspecified atom stereocenters. The van der Waals surface area contributed by atoms with Gasteiger partial charge in [-0.05, 0) is 19.4 Å². The summed E-state index contributed by atoms with van der Waals surface area (Å²) in [5.74, 6) is -0.540. The lowest BCUT2D eigenvalue weighted by Crippen LogP contribution is -2.35. The number of thioether (sulfide) groups is 1. The lowest BCUT2D eigenvalue weighted by molar-refractivity contribution is -0.142. The van der Waals surface area contributed by atoms with Crippen LogP contribution in [0.2, 0.25) is 0 Å². The summed E-state index contributed by atoms with van der Waals surface area (Å²) in [5, 5.41) is 6.10. The van der Waals surface area contributed by atoms with E-state index in [4.69, 9.17) is 19.3 Å². The molecular formula is C21H33N6O9PS. The topological polar surface area (TPSA) is 204 Å². The third kappa shape index (κ3) is 8.80. The van der Waals surface area contributed by atoms with E-state index >= 15 is 0 Å². The monoisotopic (exact) mass is 576 g/mol. The van der Waals surface area contributed by atoms with Crippen molar-refractivity contribution in [1.29, 1.82) is 0 Å². The Kier molecular flexibility index (Phi) is 11.3. The second-order valence-electron chi connectivity index (χ2n) is 9.50. The molecule has 1 fully saturated rings. The molecule has 17 heteroatoms. The Labute approximate surface area is 223 Å². The molecular weight excluding hydrogens is 543 g/mol. The van der Waals surface area contributed by atoms with Crippen LogP contribution in [0.4, 0.5) is 0 Å². The van der Waals surface area contributed by atoms with Gasteiger partial charge in [-0.25, -0.2) is 14.4 Å². The van der Waals surface area contributed by atoms with Crippen LogP contribution in [0.3, 0.4) is 0 Å². The Balaban J connectivity index is 2.16. The van der Waals surface area contributed by atoms with Crippen molar-refractivity contribution in [3.05, 3.63) is 43.0 Å². The quantitative estimate of drug-likeness (QED) is 0.0923. The molecule has 1 aromatic heterocycles. The summed E-state index contributed by atoms with van der Waals surface area (Å²) in [7, 11) is -3.00. The molecule has 212 valence electrons. The first-order valence-corrected chi connectivity index (χ1v) is 14.2. The molecule has 15 nitrogen and oxygen atoms in total. The summed E-state index contributed by atoms with van der Waals surface area (Å²) >= 11 is 1.01. The molecule has 1 aliphatic rings. The Morgan fingerprint density at radius 3 is 2.68 bits per heavy atom. The van der Waals surface area contributed by atoms with Gasteiger partial charge >= 0.3 is 19.4 Å². The predicted molar refractivity (Wildman–Crippen MR) is 139 cm³/mol. The highest BCUT2D eigenvalue weighted by molar-refractivity contribution is 8.13. The average molecular weight is 577 g/mol. The number of hydrogen-bond donors (Lipinski definition) is 2. The van der Waals surface area contributed by atoms with E-state index in [0.29, 0.717) is 0 Å². The van der Waals surface area contributed by atoms with Crippen LogP contribution in [-0.4, -0.2) is 64.9 Å². The molecule has 0 aliphatic carbocycles. The average Bonchev–Trinajstić information content (AvgIpc) is 3.24. The van der Waals surface area contributed by atoms with Crippen molar-refractivity contribution in [3.63, 3.8) is 0 Å². The first-order chi connectivity index (χ1) is 17.7. The Morgan fingerprint density at radius 1 is 1.39 bits per heavy atom. The van der Waals surface area contributed by atoms with Crippen molar-refractivity contribution in [2.24, 2.45) is 10.5 Å². The molecule has 5 atom stereocenters. The third-order valence-corrected chi connectivity index (χ3v) is 8.33. The van der Waals surface area contributed by atoms with Crippen LogP contribution in [0.1, 0.15) is 45.9 Å². The van der Waals surface area contributed by atoms with Crippen LogP contribution in [-0.2, 0) is 32.7 Å². The van der Waals surface area contributed by atoms with E-state index in [9.17, 15) is 23.7 Å². The summed E-state index contributed by atoms with van der Waals surface area (Å²) in [5.41, 5.74) is 7.44. The number of azide groups is 1. The molecule has 1 saturated heterocycles. The van der Waals surface area contributed by atoms with Gasteiger partial charge in [-0.15, -0.1) is 0 Å². The number of ether oxygens (including phenoxy) is 2. The first kappa shape index (κ1) is 31.8. The number of aryl methyl sites for hydroxylation is 1. The summed E-state index contributed by atoms with van der Waals surface area (Å²) in [6.07, 6.45) is -0.443. The minimum Gasteiger partial charge on any atom is -0.468 e. The number of methoxy groups -OCH3 is 1. The molecule has 1 aromatic rings. The van der Waals surface area contributed by atoms with Crippen molar-refractivity contribution in [3.8, 4) is 0 Å². The maximum atomic E-state index is 13.5. The number of H-pyrrole nitrogens is 1. The maximum absolute atomic E-state index is 13.5. The van der Waals surface area contributed by atoms with Gasteiger partial charge in [0.15, 0.2) is 5.12 Å². The molecule has 1 aliphatic heterocycles. The first-order valence-electron chi connectivity index (χ1n) is 11.6. The van der Waals surface area contributed by atoms with Crippen molar-refractivity contribution in [2.75, 3.05) is 26.1 Å².